The van der Waals surface area contributed by atoms with Crippen molar-refractivity contribution in [1.82, 2.24) is 21.3 Å². The third-order valence-electron chi connectivity index (χ3n) is 6.80. The van der Waals surface area contributed by atoms with Crippen LogP contribution in [-0.4, -0.2) is 61.1 Å². The molecule has 10 nitrogen and oxygen atoms in total. The molecule has 220 valence electrons. The predicted molar refractivity (Wildman–Crippen MR) is 158 cm³/mol. The number of carbonyl (C=O) groups excluding carboxylic acids is 4. The molecular formula is C28H41N4O6PS. The van der Waals surface area contributed by atoms with E-state index in [0.717, 1.165) is 0 Å². The number of nitrogens with one attached hydrogen (secondary N) is 4. The van der Waals surface area contributed by atoms with Gasteiger partial charge in [0.1, 0.15) is 0 Å². The van der Waals surface area contributed by atoms with Crippen LogP contribution in [0.4, 0.5) is 0 Å². The third kappa shape index (κ3) is 13.9. The van der Waals surface area contributed by atoms with E-state index in [1.165, 1.54) is 0 Å². The van der Waals surface area contributed by atoms with E-state index in [1.807, 2.05) is 0 Å². The highest BCUT2D eigenvalue weighted by Gasteiger charge is 2.37. The Balaban J connectivity index is 3.09. The van der Waals surface area contributed by atoms with Crippen LogP contribution in [0.3, 0.4) is 0 Å². The Morgan fingerprint density at radius 2 is 1.23 bits per heavy atom. The van der Waals surface area contributed by atoms with Gasteiger partial charge in [0.15, 0.2) is 0 Å². The molecule has 0 aromatic rings. The van der Waals surface area contributed by atoms with Gasteiger partial charge in [-0.15, -0.1) is 19.3 Å². The minimum absolute atomic E-state index is 0.0226. The Morgan fingerprint density at radius 1 is 0.825 bits per heavy atom. The van der Waals surface area contributed by atoms with E-state index in [2.05, 4.69) is 51.3 Å². The van der Waals surface area contributed by atoms with Gasteiger partial charge in [-0.3, -0.25) is 23.7 Å². The maximum absolute atomic E-state index is 13.5. The molecule has 1 aliphatic carbocycles. The van der Waals surface area contributed by atoms with Crippen molar-refractivity contribution in [3.63, 3.8) is 0 Å². The lowest BCUT2D eigenvalue weighted by molar-refractivity contribution is -0.131. The van der Waals surface area contributed by atoms with Crippen LogP contribution in [-0.2, 0) is 28.3 Å². The molecule has 0 radical (unpaired) electrons. The highest BCUT2D eigenvalue weighted by atomic mass is 32.7. The summed E-state index contributed by atoms with van der Waals surface area (Å²) < 4.78 is 17.9. The molecule has 1 rings (SSSR count). The molecule has 0 aromatic carbocycles. The molecule has 0 bridgehead atoms. The standard InChI is InChI=1S/C28H41N4O6PS/c1-5-19-29-24(33)13-16-28(17-14-25(34)30-20-6-2,18-15-26(35)31-21-7-3)32-27(36)22-9-11-23(12-10-22)38-39(37,40)8-4/h1-3,22-23H,8-21H2,4H3,(H,29,33)(H,30,34)(H,31,35)(H,32,36)(H,37,40)/t22-,23-,39?. The fraction of sp³-hybridized carbons (Fsp3) is 0.643. The van der Waals surface area contributed by atoms with Crippen LogP contribution in [0.15, 0.2) is 0 Å². The van der Waals surface area contributed by atoms with Gasteiger partial charge in [0.05, 0.1) is 25.7 Å². The number of thiol groups is 1. The highest BCUT2D eigenvalue weighted by Crippen LogP contribution is 2.53. The monoisotopic (exact) mass is 592 g/mol. The second kappa shape index (κ2) is 18.4. The Labute approximate surface area is 243 Å². The van der Waals surface area contributed by atoms with Crippen molar-refractivity contribution in [2.75, 3.05) is 25.8 Å². The molecule has 1 saturated carbocycles. The van der Waals surface area contributed by atoms with E-state index in [0.29, 0.717) is 31.8 Å². The van der Waals surface area contributed by atoms with Gasteiger partial charge >= 0.3 is 0 Å². The molecule has 12 heteroatoms. The summed E-state index contributed by atoms with van der Waals surface area (Å²) in [6, 6.07) is 0. The number of hydrogen-bond acceptors (Lipinski definition) is 6. The number of terminal acetylenes is 3. The zero-order chi connectivity index (χ0) is 30.0. The van der Waals surface area contributed by atoms with E-state index in [9.17, 15) is 23.7 Å². The molecule has 1 fully saturated rings. The molecule has 4 N–H and O–H groups in total. The number of hydrogen-bond donors (Lipinski definition) is 5. The van der Waals surface area contributed by atoms with Crippen LogP contribution in [0, 0.1) is 42.9 Å². The summed E-state index contributed by atoms with van der Waals surface area (Å²) in [5.41, 5.74) is -1.04. The molecule has 1 atom stereocenters. The van der Waals surface area contributed by atoms with Gasteiger partial charge in [0.2, 0.25) is 23.6 Å². The Kier molecular flexibility index (Phi) is 16.2. The first-order valence-corrected chi connectivity index (χ1v) is 16.4. The average molecular weight is 593 g/mol. The van der Waals surface area contributed by atoms with E-state index in [4.69, 9.17) is 23.8 Å². The largest absolute Gasteiger partial charge is 0.350 e. The lowest BCUT2D eigenvalue weighted by atomic mass is 9.81. The lowest BCUT2D eigenvalue weighted by Gasteiger charge is -2.37. The molecule has 40 heavy (non-hydrogen) atoms. The maximum Gasteiger partial charge on any atom is 0.254 e. The smallest absolute Gasteiger partial charge is 0.254 e. The van der Waals surface area contributed by atoms with Crippen LogP contribution >= 0.6 is 18.8 Å². The van der Waals surface area contributed by atoms with Crippen molar-refractivity contribution in [3.8, 4) is 37.0 Å². The molecule has 1 aliphatic rings. The van der Waals surface area contributed by atoms with Crippen LogP contribution in [0.5, 0.6) is 0 Å². The van der Waals surface area contributed by atoms with Gasteiger partial charge in [0, 0.05) is 36.9 Å². The highest BCUT2D eigenvalue weighted by molar-refractivity contribution is 8.46. The fourth-order valence-electron chi connectivity index (χ4n) is 4.44. The lowest BCUT2D eigenvalue weighted by Crippen LogP contribution is -2.52. The number of carbonyl (C=O) groups is 4. The Bertz CT molecular complexity index is 969. The van der Waals surface area contributed by atoms with Gasteiger partial charge in [-0.1, -0.05) is 36.9 Å². The summed E-state index contributed by atoms with van der Waals surface area (Å²) in [5.74, 6) is 5.50. The van der Waals surface area contributed by atoms with Crippen molar-refractivity contribution in [2.45, 2.75) is 82.8 Å². The van der Waals surface area contributed by atoms with Crippen molar-refractivity contribution < 1.29 is 28.3 Å². The predicted octanol–water partition coefficient (Wildman–Crippen LogP) is 2.15. The molecule has 0 aromatic heterocycles. The first-order chi connectivity index (χ1) is 19.0. The average Bonchev–Trinajstić information content (AvgIpc) is 2.94. The fourth-order valence-corrected chi connectivity index (χ4v) is 5.66. The molecule has 0 spiro atoms. The van der Waals surface area contributed by atoms with Crippen molar-refractivity contribution in [2.24, 2.45) is 5.92 Å². The van der Waals surface area contributed by atoms with Gasteiger partial charge in [0.25, 0.3) is 6.57 Å². The first kappa shape index (κ1) is 35.1. The summed E-state index contributed by atoms with van der Waals surface area (Å²) in [4.78, 5) is 50.7. The normalized spacial score (nSPS) is 18.1. The molecule has 1 unspecified atom stereocenters. The minimum atomic E-state index is -2.96. The second-order valence-electron chi connectivity index (χ2n) is 9.74. The zero-order valence-corrected chi connectivity index (χ0v) is 24.9. The zero-order valence-electron chi connectivity index (χ0n) is 23.1. The van der Waals surface area contributed by atoms with Crippen molar-refractivity contribution >= 4 is 42.4 Å². The quantitative estimate of drug-likeness (QED) is 0.0996. The Hall–Kier alpha value is -2.90. The number of amides is 4. The minimum Gasteiger partial charge on any atom is -0.350 e. The summed E-state index contributed by atoms with van der Waals surface area (Å²) in [6.45, 7) is -1.03. The SMILES string of the molecule is C#CCNC(=O)CCC(CCC(=O)NCC#C)(CCC(=O)NCC#C)NC(=O)[C@H]1CC[C@H](OP(=O)(S)CC)CC1. The molecule has 0 heterocycles. The third-order valence-corrected chi connectivity index (χ3v) is 9.36. The second-order valence-corrected chi connectivity index (χ2v) is 13.7. The topological polar surface area (TPSA) is 143 Å². The van der Waals surface area contributed by atoms with Gasteiger partial charge in [-0.25, -0.2) is 0 Å². The summed E-state index contributed by atoms with van der Waals surface area (Å²) in [6.07, 6.45) is 18.5. The van der Waals surface area contributed by atoms with Crippen molar-refractivity contribution in [1.29, 1.82) is 0 Å². The summed E-state index contributed by atoms with van der Waals surface area (Å²) in [7, 11) is 0. The van der Waals surface area contributed by atoms with E-state index < -0.39 is 12.1 Å². The first-order valence-electron chi connectivity index (χ1n) is 13.4. The van der Waals surface area contributed by atoms with Crippen LogP contribution in [0.1, 0.15) is 71.1 Å². The molecule has 0 aliphatic heterocycles. The summed E-state index contributed by atoms with van der Waals surface area (Å²) >= 11 is 4.12. The van der Waals surface area contributed by atoms with Crippen LogP contribution < -0.4 is 21.3 Å². The molecule has 0 saturated heterocycles. The van der Waals surface area contributed by atoms with Crippen LogP contribution in [0.2, 0.25) is 0 Å². The Morgan fingerprint density at radius 3 is 1.57 bits per heavy atom. The molecule has 4 amide bonds. The van der Waals surface area contributed by atoms with E-state index in [1.54, 1.807) is 6.92 Å². The molecular weight excluding hydrogens is 551 g/mol. The maximum atomic E-state index is 13.5. The van der Waals surface area contributed by atoms with Crippen LogP contribution in [0.25, 0.3) is 0 Å². The van der Waals surface area contributed by atoms with Gasteiger partial charge in [-0.2, -0.15) is 0 Å². The van der Waals surface area contributed by atoms with Crippen molar-refractivity contribution in [3.05, 3.63) is 0 Å². The van der Waals surface area contributed by atoms with Gasteiger partial charge < -0.3 is 25.8 Å². The summed E-state index contributed by atoms with van der Waals surface area (Å²) in [5, 5.41) is 10.9. The van der Waals surface area contributed by atoms with E-state index >= 15 is 0 Å². The number of rotatable bonds is 17. The van der Waals surface area contributed by atoms with Gasteiger partial charge in [-0.05, 0) is 44.9 Å². The van der Waals surface area contributed by atoms with E-state index in [-0.39, 0.29) is 93.8 Å².